The first-order valence-electron chi connectivity index (χ1n) is 8.77. The summed E-state index contributed by atoms with van der Waals surface area (Å²) in [4.78, 5) is 27.1. The predicted molar refractivity (Wildman–Crippen MR) is 99.9 cm³/mol. The molecular formula is C21H17F3N2O2. The van der Waals surface area contributed by atoms with Gasteiger partial charge in [-0.3, -0.25) is 14.5 Å². The molecule has 0 unspecified atom stereocenters. The molecule has 0 fully saturated rings. The summed E-state index contributed by atoms with van der Waals surface area (Å²) in [5.41, 5.74) is 2.00. The highest BCUT2D eigenvalue weighted by Gasteiger charge is 2.33. The number of rotatable bonds is 4. The highest BCUT2D eigenvalue weighted by Crippen LogP contribution is 2.37. The van der Waals surface area contributed by atoms with E-state index in [1.807, 2.05) is 18.2 Å². The molecule has 1 aliphatic heterocycles. The second-order valence-electron chi connectivity index (χ2n) is 6.98. The number of ketones is 1. The van der Waals surface area contributed by atoms with E-state index < -0.39 is 12.7 Å². The average molecular weight is 386 g/mol. The number of carbonyl (C=O) groups is 2. The van der Waals surface area contributed by atoms with Gasteiger partial charge in [-0.05, 0) is 37.4 Å². The minimum Gasteiger partial charge on any atom is -0.339 e. The van der Waals surface area contributed by atoms with Gasteiger partial charge in [-0.25, -0.2) is 0 Å². The summed E-state index contributed by atoms with van der Waals surface area (Å²) >= 11 is 0. The lowest BCUT2D eigenvalue weighted by Crippen LogP contribution is -2.32. The maximum atomic E-state index is 12.9. The molecule has 0 saturated carbocycles. The maximum absolute atomic E-state index is 12.9. The first kappa shape index (κ1) is 18.3. The van der Waals surface area contributed by atoms with Crippen molar-refractivity contribution < 1.29 is 22.8 Å². The van der Waals surface area contributed by atoms with Crippen molar-refractivity contribution in [3.63, 3.8) is 0 Å². The largest absolute Gasteiger partial charge is 0.406 e. The molecule has 2 aromatic carbocycles. The molecule has 0 spiro atoms. The van der Waals surface area contributed by atoms with E-state index in [1.54, 1.807) is 18.2 Å². The van der Waals surface area contributed by atoms with Gasteiger partial charge in [-0.2, -0.15) is 13.2 Å². The number of aryl methyl sites for hydroxylation is 1. The molecule has 3 aromatic rings. The smallest absolute Gasteiger partial charge is 0.339 e. The van der Waals surface area contributed by atoms with Crippen LogP contribution >= 0.6 is 0 Å². The molecule has 0 N–H and O–H groups in total. The van der Waals surface area contributed by atoms with Crippen molar-refractivity contribution in [2.75, 3.05) is 11.4 Å². The minimum atomic E-state index is -4.38. The van der Waals surface area contributed by atoms with Crippen LogP contribution in [0.3, 0.4) is 0 Å². The van der Waals surface area contributed by atoms with Gasteiger partial charge in [-0.1, -0.05) is 24.3 Å². The van der Waals surface area contributed by atoms with Gasteiger partial charge >= 0.3 is 6.18 Å². The van der Waals surface area contributed by atoms with Crippen LogP contribution in [0.2, 0.25) is 0 Å². The average Bonchev–Trinajstić information content (AvgIpc) is 3.06. The Labute approximate surface area is 159 Å². The molecule has 1 aliphatic rings. The zero-order valence-electron chi connectivity index (χ0n) is 15.3. The third kappa shape index (κ3) is 2.87. The Balaban J connectivity index is 1.67. The van der Waals surface area contributed by atoms with E-state index in [2.05, 4.69) is 0 Å². The normalized spacial score (nSPS) is 13.6. The van der Waals surface area contributed by atoms with Crippen LogP contribution in [0.25, 0.3) is 10.8 Å². The van der Waals surface area contributed by atoms with Gasteiger partial charge < -0.3 is 4.57 Å². The highest BCUT2D eigenvalue weighted by molar-refractivity contribution is 6.26. The van der Waals surface area contributed by atoms with E-state index in [-0.39, 0.29) is 29.5 Å². The number of carbonyl (C=O) groups excluding carboxylic acids is 2. The van der Waals surface area contributed by atoms with Gasteiger partial charge in [0.05, 0.1) is 12.2 Å². The van der Waals surface area contributed by atoms with E-state index in [4.69, 9.17) is 0 Å². The third-order valence-electron chi connectivity index (χ3n) is 5.16. The molecule has 0 radical (unpaired) electrons. The standard InChI is InChI=1S/C21H17F3N2O2/c1-12-9-16(13(2)26(12)11-21(22,23)24)18(27)10-25-17-8-4-6-14-5-3-7-15(19(14)17)20(25)28/h3-9H,10-11H2,1-2H3. The van der Waals surface area contributed by atoms with E-state index in [9.17, 15) is 22.8 Å². The number of Topliss-reactive ketones (excluding diaryl/α,β-unsaturated/α-hetero) is 1. The number of amides is 1. The molecule has 4 rings (SSSR count). The number of hydrogen-bond acceptors (Lipinski definition) is 2. The molecule has 7 heteroatoms. The molecule has 4 nitrogen and oxygen atoms in total. The summed E-state index contributed by atoms with van der Waals surface area (Å²) < 4.78 is 39.5. The van der Waals surface area contributed by atoms with Crippen LogP contribution < -0.4 is 4.90 Å². The molecule has 0 atom stereocenters. The molecule has 0 bridgehead atoms. The van der Waals surface area contributed by atoms with Crippen molar-refractivity contribution in [1.29, 1.82) is 0 Å². The Morgan fingerprint density at radius 2 is 1.75 bits per heavy atom. The van der Waals surface area contributed by atoms with Gasteiger partial charge in [-0.15, -0.1) is 0 Å². The van der Waals surface area contributed by atoms with Gasteiger partial charge in [0.1, 0.15) is 6.54 Å². The van der Waals surface area contributed by atoms with E-state index >= 15 is 0 Å². The number of nitrogens with zero attached hydrogens (tertiary/aromatic N) is 2. The Morgan fingerprint density at radius 1 is 1.07 bits per heavy atom. The Kier molecular flexibility index (Phi) is 4.06. The minimum absolute atomic E-state index is 0.206. The fraction of sp³-hybridized carbons (Fsp3) is 0.238. The van der Waals surface area contributed by atoms with Crippen molar-refractivity contribution in [2.24, 2.45) is 0 Å². The van der Waals surface area contributed by atoms with Crippen molar-refractivity contribution in [3.8, 4) is 0 Å². The molecule has 0 aliphatic carbocycles. The van der Waals surface area contributed by atoms with Gasteiger partial charge in [0.15, 0.2) is 5.78 Å². The molecule has 144 valence electrons. The first-order chi connectivity index (χ1) is 13.2. The summed E-state index contributed by atoms with van der Waals surface area (Å²) in [6.45, 7) is 1.66. The van der Waals surface area contributed by atoms with Crippen LogP contribution in [0, 0.1) is 13.8 Å². The van der Waals surface area contributed by atoms with E-state index in [0.717, 1.165) is 15.3 Å². The third-order valence-corrected chi connectivity index (χ3v) is 5.16. The maximum Gasteiger partial charge on any atom is 0.406 e. The monoisotopic (exact) mass is 386 g/mol. The summed E-state index contributed by atoms with van der Waals surface area (Å²) in [6, 6.07) is 12.3. The Morgan fingerprint density at radius 3 is 2.43 bits per heavy atom. The van der Waals surface area contributed by atoms with Crippen LogP contribution in [0.4, 0.5) is 18.9 Å². The summed E-state index contributed by atoms with van der Waals surface area (Å²) in [5, 5.41) is 1.70. The molecule has 0 saturated heterocycles. The lowest BCUT2D eigenvalue weighted by atomic mass is 10.1. The molecule has 1 amide bonds. The summed E-state index contributed by atoms with van der Waals surface area (Å²) in [6.07, 6.45) is -4.38. The fourth-order valence-electron chi connectivity index (χ4n) is 3.87. The Hall–Kier alpha value is -3.09. The number of anilines is 1. The molecular weight excluding hydrogens is 369 g/mol. The lowest BCUT2D eigenvalue weighted by Gasteiger charge is -2.17. The number of halogens is 3. The quantitative estimate of drug-likeness (QED) is 0.612. The van der Waals surface area contributed by atoms with Crippen LogP contribution in [-0.2, 0) is 6.54 Å². The first-order valence-corrected chi connectivity index (χ1v) is 8.77. The van der Waals surface area contributed by atoms with Gasteiger partial charge in [0.25, 0.3) is 5.91 Å². The number of aromatic nitrogens is 1. The van der Waals surface area contributed by atoms with Crippen LogP contribution in [0.5, 0.6) is 0 Å². The summed E-state index contributed by atoms with van der Waals surface area (Å²) in [5.74, 6) is -0.663. The second-order valence-corrected chi connectivity index (χ2v) is 6.98. The summed E-state index contributed by atoms with van der Waals surface area (Å²) in [7, 11) is 0. The van der Waals surface area contributed by atoms with Crippen molar-refractivity contribution >= 4 is 28.2 Å². The zero-order valence-corrected chi connectivity index (χ0v) is 15.3. The molecule has 2 heterocycles. The van der Waals surface area contributed by atoms with Crippen molar-refractivity contribution in [2.45, 2.75) is 26.6 Å². The van der Waals surface area contributed by atoms with Crippen molar-refractivity contribution in [3.05, 3.63) is 65.0 Å². The zero-order chi connectivity index (χ0) is 20.2. The predicted octanol–water partition coefficient (Wildman–Crippen LogP) is 4.66. The van der Waals surface area contributed by atoms with Crippen LogP contribution in [-0.4, -0.2) is 29.0 Å². The molecule has 28 heavy (non-hydrogen) atoms. The molecule has 1 aromatic heterocycles. The lowest BCUT2D eigenvalue weighted by molar-refractivity contribution is -0.141. The number of benzene rings is 2. The van der Waals surface area contributed by atoms with E-state index in [0.29, 0.717) is 16.9 Å². The van der Waals surface area contributed by atoms with Gasteiger partial charge in [0, 0.05) is 27.9 Å². The van der Waals surface area contributed by atoms with Gasteiger partial charge in [0.2, 0.25) is 0 Å². The van der Waals surface area contributed by atoms with Crippen molar-refractivity contribution in [1.82, 2.24) is 4.57 Å². The topological polar surface area (TPSA) is 42.3 Å². The second kappa shape index (κ2) is 6.22. The fourth-order valence-corrected chi connectivity index (χ4v) is 3.87. The number of hydrogen-bond donors (Lipinski definition) is 0. The van der Waals surface area contributed by atoms with Crippen LogP contribution in [0.1, 0.15) is 32.1 Å². The van der Waals surface area contributed by atoms with E-state index in [1.165, 1.54) is 24.8 Å². The van der Waals surface area contributed by atoms with Crippen LogP contribution in [0.15, 0.2) is 42.5 Å². The highest BCUT2D eigenvalue weighted by atomic mass is 19.4. The number of alkyl halides is 3. The Bertz CT molecular complexity index is 1120. The SMILES string of the molecule is Cc1cc(C(=O)CN2C(=O)c3cccc4cccc2c34)c(C)n1CC(F)(F)F.